The van der Waals surface area contributed by atoms with Crippen LogP contribution in [-0.2, 0) is 11.2 Å². The summed E-state index contributed by atoms with van der Waals surface area (Å²) in [6.45, 7) is 4.79. The van der Waals surface area contributed by atoms with Crippen molar-refractivity contribution in [1.82, 2.24) is 14.9 Å². The third-order valence-electron chi connectivity index (χ3n) is 4.44. The number of nitrogens with two attached hydrogens (primary N) is 1. The van der Waals surface area contributed by atoms with Crippen LogP contribution in [0.4, 0.5) is 5.82 Å². The second-order valence-electron chi connectivity index (χ2n) is 6.28. The Balaban J connectivity index is 0.00000182. The largest absolute Gasteiger partial charge is 0.353 e. The van der Waals surface area contributed by atoms with Gasteiger partial charge in [0.05, 0.1) is 6.04 Å². The molecule has 1 atom stereocenters. The number of aryl methyl sites for hydroxylation is 1. The number of amides is 1. The van der Waals surface area contributed by atoms with Crippen molar-refractivity contribution in [2.45, 2.75) is 19.4 Å². The van der Waals surface area contributed by atoms with E-state index in [-0.39, 0.29) is 30.7 Å². The highest BCUT2D eigenvalue weighted by molar-refractivity contribution is 6.30. The Labute approximate surface area is 176 Å². The second-order valence-corrected chi connectivity index (χ2v) is 6.72. The lowest BCUT2D eigenvalue weighted by Gasteiger charge is -2.37. The maximum absolute atomic E-state index is 12.6. The van der Waals surface area contributed by atoms with Crippen LogP contribution in [0.1, 0.15) is 11.1 Å². The van der Waals surface area contributed by atoms with E-state index in [0.29, 0.717) is 24.5 Å². The summed E-state index contributed by atoms with van der Waals surface area (Å²) in [7, 11) is 0. The number of hydrogen-bond donors (Lipinski definition) is 1. The van der Waals surface area contributed by atoms with Gasteiger partial charge >= 0.3 is 0 Å². The molecule has 2 aromatic rings. The SMILES string of the molecule is Cc1cncnc1N1CCN(C(=O)[C@H](N)Cc2ccc(Cl)cc2)CC1.Cl.Cl. The molecule has 3 rings (SSSR count). The van der Waals surface area contributed by atoms with Crippen LogP contribution in [0.2, 0.25) is 5.02 Å². The molecule has 0 aliphatic carbocycles. The van der Waals surface area contributed by atoms with Gasteiger partial charge in [0, 0.05) is 43.0 Å². The summed E-state index contributed by atoms with van der Waals surface area (Å²) in [6.07, 6.45) is 3.88. The predicted molar refractivity (Wildman–Crippen MR) is 113 cm³/mol. The lowest BCUT2D eigenvalue weighted by Crippen LogP contribution is -2.54. The quantitative estimate of drug-likeness (QED) is 0.803. The topological polar surface area (TPSA) is 75.4 Å². The van der Waals surface area contributed by atoms with E-state index in [1.165, 1.54) is 0 Å². The average Bonchev–Trinajstić information content (AvgIpc) is 2.63. The molecule has 0 radical (unpaired) electrons. The van der Waals surface area contributed by atoms with Crippen LogP contribution in [0.15, 0.2) is 36.8 Å². The molecule has 148 valence electrons. The van der Waals surface area contributed by atoms with Crippen molar-refractivity contribution in [1.29, 1.82) is 0 Å². The van der Waals surface area contributed by atoms with Gasteiger partial charge in [-0.25, -0.2) is 9.97 Å². The summed E-state index contributed by atoms with van der Waals surface area (Å²) in [5.74, 6) is 0.932. The molecule has 2 N–H and O–H groups in total. The zero-order valence-electron chi connectivity index (χ0n) is 15.0. The molecule has 27 heavy (non-hydrogen) atoms. The van der Waals surface area contributed by atoms with Crippen molar-refractivity contribution < 1.29 is 4.79 Å². The Morgan fingerprint density at radius 2 is 1.81 bits per heavy atom. The van der Waals surface area contributed by atoms with E-state index in [1.54, 1.807) is 6.33 Å². The number of halogens is 3. The molecule has 6 nitrogen and oxygen atoms in total. The predicted octanol–water partition coefficient (Wildman–Crippen LogP) is 2.50. The van der Waals surface area contributed by atoms with E-state index < -0.39 is 6.04 Å². The first-order valence-electron chi connectivity index (χ1n) is 8.35. The third kappa shape index (κ3) is 5.94. The summed E-state index contributed by atoms with van der Waals surface area (Å²) in [5, 5.41) is 0.680. The van der Waals surface area contributed by atoms with Crippen molar-refractivity contribution in [3.63, 3.8) is 0 Å². The summed E-state index contributed by atoms with van der Waals surface area (Å²) < 4.78 is 0. The first kappa shape index (κ1) is 23.4. The monoisotopic (exact) mass is 431 g/mol. The van der Waals surface area contributed by atoms with Crippen molar-refractivity contribution in [3.05, 3.63) is 52.9 Å². The lowest BCUT2D eigenvalue weighted by atomic mass is 10.1. The lowest BCUT2D eigenvalue weighted by molar-refractivity contribution is -0.132. The van der Waals surface area contributed by atoms with Gasteiger partial charge in [-0.3, -0.25) is 4.79 Å². The summed E-state index contributed by atoms with van der Waals surface area (Å²) in [5.41, 5.74) is 8.19. The van der Waals surface area contributed by atoms with Gasteiger partial charge in [-0.1, -0.05) is 23.7 Å². The molecule has 2 heterocycles. The molecule has 0 saturated carbocycles. The maximum atomic E-state index is 12.6. The summed E-state index contributed by atoms with van der Waals surface area (Å²) >= 11 is 5.89. The molecule has 1 saturated heterocycles. The van der Waals surface area contributed by atoms with E-state index in [4.69, 9.17) is 17.3 Å². The minimum Gasteiger partial charge on any atom is -0.353 e. The number of piperazine rings is 1. The van der Waals surface area contributed by atoms with Gasteiger partial charge in [-0.05, 0) is 31.0 Å². The highest BCUT2D eigenvalue weighted by atomic mass is 35.5. The highest BCUT2D eigenvalue weighted by Crippen LogP contribution is 2.17. The van der Waals surface area contributed by atoms with Gasteiger partial charge in [-0.2, -0.15) is 0 Å². The van der Waals surface area contributed by atoms with E-state index in [1.807, 2.05) is 42.3 Å². The number of carbonyl (C=O) groups excluding carboxylic acids is 1. The Bertz CT molecular complexity index is 736. The molecule has 0 bridgehead atoms. The number of benzene rings is 1. The number of aromatic nitrogens is 2. The van der Waals surface area contributed by atoms with Crippen LogP contribution in [0, 0.1) is 6.92 Å². The van der Waals surface area contributed by atoms with Gasteiger partial charge in [0.1, 0.15) is 12.1 Å². The highest BCUT2D eigenvalue weighted by Gasteiger charge is 2.26. The third-order valence-corrected chi connectivity index (χ3v) is 4.70. The average molecular weight is 433 g/mol. The molecule has 1 fully saturated rings. The van der Waals surface area contributed by atoms with Gasteiger partial charge in [0.2, 0.25) is 5.91 Å². The number of carbonyl (C=O) groups is 1. The molecule has 1 aromatic heterocycles. The van der Waals surface area contributed by atoms with Gasteiger partial charge in [-0.15, -0.1) is 24.8 Å². The molecule has 0 unspecified atom stereocenters. The van der Waals surface area contributed by atoms with Crippen LogP contribution < -0.4 is 10.6 Å². The van der Waals surface area contributed by atoms with E-state index >= 15 is 0 Å². The second kappa shape index (κ2) is 10.7. The Hall–Kier alpha value is -1.60. The number of rotatable bonds is 4. The van der Waals surface area contributed by atoms with Crippen LogP contribution >= 0.6 is 36.4 Å². The minimum absolute atomic E-state index is 0. The van der Waals surface area contributed by atoms with E-state index in [9.17, 15) is 4.79 Å². The molecule has 9 heteroatoms. The molecule has 1 aromatic carbocycles. The van der Waals surface area contributed by atoms with Gasteiger partial charge in [0.25, 0.3) is 0 Å². The fourth-order valence-electron chi connectivity index (χ4n) is 3.06. The first-order chi connectivity index (χ1) is 12.0. The molecule has 1 amide bonds. The Morgan fingerprint density at radius 3 is 2.41 bits per heavy atom. The standard InChI is InChI=1S/C18H22ClN5O.2ClH/c1-13-11-21-12-22-17(13)23-6-8-24(9-7-23)18(25)16(20)10-14-2-4-15(19)5-3-14;;/h2-5,11-12,16H,6-10,20H2,1H3;2*1H/t16-;;/m1../s1. The fraction of sp³-hybridized carbons (Fsp3) is 0.389. The van der Waals surface area contributed by atoms with Crippen LogP contribution in [0.25, 0.3) is 0 Å². The molecule has 1 aliphatic rings. The number of nitrogens with zero attached hydrogens (tertiary/aromatic N) is 4. The smallest absolute Gasteiger partial charge is 0.239 e. The van der Waals surface area contributed by atoms with Gasteiger partial charge in [0.15, 0.2) is 0 Å². The van der Waals surface area contributed by atoms with Crippen LogP contribution in [-0.4, -0.2) is 53.0 Å². The van der Waals surface area contributed by atoms with Crippen LogP contribution in [0.3, 0.4) is 0 Å². The van der Waals surface area contributed by atoms with E-state index in [2.05, 4.69) is 14.9 Å². The minimum atomic E-state index is -0.534. The normalized spacial score (nSPS) is 14.8. The molecular weight excluding hydrogens is 409 g/mol. The maximum Gasteiger partial charge on any atom is 0.239 e. The Morgan fingerprint density at radius 1 is 1.19 bits per heavy atom. The number of hydrogen-bond acceptors (Lipinski definition) is 5. The Kier molecular flexibility index (Phi) is 9.26. The molecule has 0 spiro atoms. The van der Waals surface area contributed by atoms with Crippen LogP contribution in [0.5, 0.6) is 0 Å². The zero-order chi connectivity index (χ0) is 17.8. The van der Waals surface area contributed by atoms with Crippen molar-refractivity contribution in [3.8, 4) is 0 Å². The number of anilines is 1. The van der Waals surface area contributed by atoms with Crippen molar-refractivity contribution in [2.75, 3.05) is 31.1 Å². The first-order valence-corrected chi connectivity index (χ1v) is 8.73. The van der Waals surface area contributed by atoms with Crippen molar-refractivity contribution >= 4 is 48.1 Å². The molecular formula is C18H24Cl3N5O. The van der Waals surface area contributed by atoms with E-state index in [0.717, 1.165) is 30.0 Å². The summed E-state index contributed by atoms with van der Waals surface area (Å²) in [6, 6.07) is 6.92. The molecule has 1 aliphatic heterocycles. The summed E-state index contributed by atoms with van der Waals surface area (Å²) in [4.78, 5) is 25.0. The zero-order valence-corrected chi connectivity index (χ0v) is 17.4. The fourth-order valence-corrected chi connectivity index (χ4v) is 3.18. The van der Waals surface area contributed by atoms with Gasteiger partial charge < -0.3 is 15.5 Å². The van der Waals surface area contributed by atoms with Crippen molar-refractivity contribution in [2.24, 2.45) is 5.73 Å².